The van der Waals surface area contributed by atoms with Crippen molar-refractivity contribution in [1.29, 1.82) is 0 Å². The van der Waals surface area contributed by atoms with Gasteiger partial charge in [0, 0.05) is 30.6 Å². The molecule has 9 atom stereocenters. The minimum absolute atomic E-state index is 0.0295. The number of carbonyl (C=O) groups excluding carboxylic acids is 3. The normalized spacial score (nSPS) is 40.4. The Morgan fingerprint density at radius 2 is 1.74 bits per heavy atom. The highest BCUT2D eigenvalue weighted by Gasteiger charge is 2.70. The summed E-state index contributed by atoms with van der Waals surface area (Å²) in [4.78, 5) is 38.5. The van der Waals surface area contributed by atoms with E-state index in [2.05, 4.69) is 34.6 Å². The summed E-state index contributed by atoms with van der Waals surface area (Å²) in [5.41, 5.74) is -1.18. The standard InChI is InChI=1S/C32H50O7/c1-17(14-22(39-18(2)33)27(37)29(5,6)38)25-19-15-20(34)26-30(7)12-11-24(36)28(3,4)23(30)10-13-31(26,8)32(19,9)16-21(25)35/h17,20,22-23,26-27,34,37-38H,10-16H2,1-9H3/t17-,20+,22+,23+,26+,27-,30+,31+,32+/m1/s1. The van der Waals surface area contributed by atoms with Gasteiger partial charge < -0.3 is 20.1 Å². The largest absolute Gasteiger partial charge is 0.460 e. The van der Waals surface area contributed by atoms with Crippen molar-refractivity contribution in [3.05, 3.63) is 11.1 Å². The molecule has 4 rings (SSSR count). The van der Waals surface area contributed by atoms with E-state index >= 15 is 0 Å². The molecular weight excluding hydrogens is 496 g/mol. The van der Waals surface area contributed by atoms with E-state index in [1.54, 1.807) is 0 Å². The Morgan fingerprint density at radius 1 is 1.13 bits per heavy atom. The highest BCUT2D eigenvalue weighted by molar-refractivity contribution is 6.00. The zero-order valence-corrected chi connectivity index (χ0v) is 25.4. The Bertz CT molecular complexity index is 1080. The van der Waals surface area contributed by atoms with E-state index in [9.17, 15) is 29.7 Å². The molecule has 0 bridgehead atoms. The van der Waals surface area contributed by atoms with Gasteiger partial charge in [0.1, 0.15) is 18.0 Å². The summed E-state index contributed by atoms with van der Waals surface area (Å²) in [6.45, 7) is 17.0. The monoisotopic (exact) mass is 546 g/mol. The van der Waals surface area contributed by atoms with Crippen molar-refractivity contribution in [3.8, 4) is 0 Å². The van der Waals surface area contributed by atoms with Crippen LogP contribution in [0.5, 0.6) is 0 Å². The van der Waals surface area contributed by atoms with Gasteiger partial charge in [-0.1, -0.05) is 47.1 Å². The van der Waals surface area contributed by atoms with Crippen LogP contribution < -0.4 is 0 Å². The molecule has 0 amide bonds. The number of ether oxygens (including phenoxy) is 1. The van der Waals surface area contributed by atoms with Crippen molar-refractivity contribution in [2.45, 2.75) is 131 Å². The van der Waals surface area contributed by atoms with Gasteiger partial charge in [-0.3, -0.25) is 14.4 Å². The highest BCUT2D eigenvalue weighted by atomic mass is 16.6. The van der Waals surface area contributed by atoms with Gasteiger partial charge in [0.2, 0.25) is 0 Å². The lowest BCUT2D eigenvalue weighted by Crippen LogP contribution is -2.65. The first-order valence-corrected chi connectivity index (χ1v) is 14.8. The molecule has 0 saturated heterocycles. The number of hydrogen-bond donors (Lipinski definition) is 3. The third-order valence-corrected chi connectivity index (χ3v) is 12.0. The maximum absolute atomic E-state index is 13.8. The second-order valence-corrected chi connectivity index (χ2v) is 15.1. The van der Waals surface area contributed by atoms with E-state index in [-0.39, 0.29) is 40.8 Å². The van der Waals surface area contributed by atoms with E-state index in [0.717, 1.165) is 24.8 Å². The molecule has 0 aromatic heterocycles. The fraction of sp³-hybridized carbons (Fsp3) is 0.844. The van der Waals surface area contributed by atoms with Crippen LogP contribution in [0.1, 0.15) is 107 Å². The maximum Gasteiger partial charge on any atom is 0.302 e. The first-order chi connectivity index (χ1) is 17.7. The predicted octanol–water partition coefficient (Wildman–Crippen LogP) is 4.54. The van der Waals surface area contributed by atoms with Gasteiger partial charge in [0.25, 0.3) is 0 Å². The van der Waals surface area contributed by atoms with Crippen LogP contribution >= 0.6 is 0 Å². The second kappa shape index (κ2) is 9.49. The predicted molar refractivity (Wildman–Crippen MR) is 147 cm³/mol. The summed E-state index contributed by atoms with van der Waals surface area (Å²) in [6, 6.07) is 0. The van der Waals surface area contributed by atoms with E-state index in [1.165, 1.54) is 20.8 Å². The molecular formula is C32H50O7. The van der Waals surface area contributed by atoms with Crippen LogP contribution in [0.2, 0.25) is 0 Å². The molecule has 0 aliphatic heterocycles. The van der Waals surface area contributed by atoms with Crippen LogP contribution in [0.3, 0.4) is 0 Å². The molecule has 39 heavy (non-hydrogen) atoms. The Morgan fingerprint density at radius 3 is 2.31 bits per heavy atom. The number of aliphatic hydroxyl groups is 3. The van der Waals surface area contributed by atoms with Crippen LogP contribution in [0, 0.1) is 39.4 Å². The Hall–Kier alpha value is -1.57. The van der Waals surface area contributed by atoms with E-state index < -0.39 is 40.7 Å². The number of ketones is 2. The van der Waals surface area contributed by atoms with E-state index in [0.29, 0.717) is 30.6 Å². The second-order valence-electron chi connectivity index (χ2n) is 15.1. The molecule has 7 nitrogen and oxygen atoms in total. The fourth-order valence-corrected chi connectivity index (χ4v) is 9.92. The topological polar surface area (TPSA) is 121 Å². The van der Waals surface area contributed by atoms with Gasteiger partial charge in [-0.25, -0.2) is 0 Å². The van der Waals surface area contributed by atoms with E-state index in [4.69, 9.17) is 4.74 Å². The summed E-state index contributed by atoms with van der Waals surface area (Å²) >= 11 is 0. The number of Topliss-reactive ketones (excluding diaryl/α,β-unsaturated/α-hetero) is 2. The van der Waals surface area contributed by atoms with Gasteiger partial charge in [-0.15, -0.1) is 0 Å². The molecule has 0 heterocycles. The molecule has 220 valence electrons. The Balaban J connectivity index is 1.73. The zero-order chi connectivity index (χ0) is 29.5. The minimum atomic E-state index is -1.49. The third-order valence-electron chi connectivity index (χ3n) is 12.0. The average Bonchev–Trinajstić information content (AvgIpc) is 3.05. The van der Waals surface area contributed by atoms with Crippen LogP contribution in [0.4, 0.5) is 0 Å². The molecule has 0 spiro atoms. The highest BCUT2D eigenvalue weighted by Crippen LogP contribution is 2.73. The smallest absolute Gasteiger partial charge is 0.302 e. The number of rotatable bonds is 6. The lowest BCUT2D eigenvalue weighted by molar-refractivity contribution is -0.208. The molecule has 0 aromatic rings. The molecule has 3 N–H and O–H groups in total. The van der Waals surface area contributed by atoms with Gasteiger partial charge in [0.15, 0.2) is 5.78 Å². The van der Waals surface area contributed by atoms with Gasteiger partial charge in [-0.2, -0.15) is 0 Å². The molecule has 0 unspecified atom stereocenters. The average molecular weight is 547 g/mol. The van der Waals surface area contributed by atoms with Gasteiger partial charge in [-0.05, 0) is 80.1 Å². The summed E-state index contributed by atoms with van der Waals surface area (Å²) in [7, 11) is 0. The Kier molecular flexibility index (Phi) is 7.39. The van der Waals surface area contributed by atoms with E-state index in [1.807, 2.05) is 6.92 Å². The maximum atomic E-state index is 13.8. The summed E-state index contributed by atoms with van der Waals surface area (Å²) in [6.07, 6.45) is 1.08. The summed E-state index contributed by atoms with van der Waals surface area (Å²) < 4.78 is 5.43. The molecule has 4 aliphatic rings. The molecule has 3 fully saturated rings. The van der Waals surface area contributed by atoms with Crippen molar-refractivity contribution in [2.75, 3.05) is 0 Å². The molecule has 7 heteroatoms. The zero-order valence-electron chi connectivity index (χ0n) is 25.4. The van der Waals surface area contributed by atoms with Crippen LogP contribution in [-0.2, 0) is 19.1 Å². The quantitative estimate of drug-likeness (QED) is 0.418. The lowest BCUT2D eigenvalue weighted by atomic mass is 9.36. The first kappa shape index (κ1) is 30.4. The van der Waals surface area contributed by atoms with Crippen molar-refractivity contribution in [2.24, 2.45) is 39.4 Å². The summed E-state index contributed by atoms with van der Waals surface area (Å²) in [5.74, 6) is -0.359. The third kappa shape index (κ3) is 4.46. The fourth-order valence-electron chi connectivity index (χ4n) is 9.92. The number of aliphatic hydroxyl groups excluding tert-OH is 2. The molecule has 0 radical (unpaired) electrons. The summed E-state index contributed by atoms with van der Waals surface area (Å²) in [5, 5.41) is 33.1. The lowest BCUT2D eigenvalue weighted by Gasteiger charge is -2.68. The van der Waals surface area contributed by atoms with Crippen LogP contribution in [-0.4, -0.2) is 56.8 Å². The number of fused-ring (bicyclic) bond motifs is 5. The van der Waals surface area contributed by atoms with Crippen molar-refractivity contribution in [3.63, 3.8) is 0 Å². The van der Waals surface area contributed by atoms with Crippen molar-refractivity contribution < 1.29 is 34.4 Å². The number of carbonyl (C=O) groups is 3. The minimum Gasteiger partial charge on any atom is -0.460 e. The SMILES string of the molecule is CC(=O)O[C@@H](C[C@@H](C)C1=C2C[C@H](O)[C@H]3[C@@]4(C)CCC(=O)C(C)(C)[C@@H]4CC[C@]3(C)[C@@]2(C)CC1=O)[C@@H](O)C(C)(C)O. The van der Waals surface area contributed by atoms with Crippen LogP contribution in [0.15, 0.2) is 11.1 Å². The van der Waals surface area contributed by atoms with Gasteiger partial charge >= 0.3 is 5.97 Å². The van der Waals surface area contributed by atoms with Gasteiger partial charge in [0.05, 0.1) is 11.7 Å². The van der Waals surface area contributed by atoms with Crippen molar-refractivity contribution >= 4 is 17.5 Å². The number of allylic oxidation sites excluding steroid dienone is 1. The number of esters is 1. The Labute approximate surface area is 233 Å². The number of hydrogen-bond acceptors (Lipinski definition) is 7. The molecule has 4 aliphatic carbocycles. The molecule has 0 aromatic carbocycles. The van der Waals surface area contributed by atoms with Crippen LogP contribution in [0.25, 0.3) is 0 Å². The first-order valence-electron chi connectivity index (χ1n) is 14.8. The molecule has 3 saturated carbocycles. The van der Waals surface area contributed by atoms with Crippen molar-refractivity contribution in [1.82, 2.24) is 0 Å².